The number of carbonyl (C=O) groups excluding carboxylic acids is 1. The minimum Gasteiger partial charge on any atom is -0.492 e. The molecule has 2 aromatic heterocycles. The molecular formula is C34H35ClN8O4S2. The maximum atomic E-state index is 13.0. The van der Waals surface area contributed by atoms with Gasteiger partial charge in [0.1, 0.15) is 52.0 Å². The van der Waals surface area contributed by atoms with E-state index in [1.54, 1.807) is 36.4 Å². The number of thiazole rings is 1. The van der Waals surface area contributed by atoms with E-state index in [1.807, 2.05) is 17.5 Å². The number of aliphatic carboxylic acids is 1. The molecule has 12 nitrogen and oxygen atoms in total. The summed E-state index contributed by atoms with van der Waals surface area (Å²) in [4.78, 5) is 35.0. The number of rotatable bonds is 16. The predicted molar refractivity (Wildman–Crippen MR) is 191 cm³/mol. The number of carbonyl (C=O) groups is 2. The van der Waals surface area contributed by atoms with Gasteiger partial charge in [-0.05, 0) is 56.1 Å². The molecule has 0 aliphatic rings. The predicted octanol–water partition coefficient (Wildman–Crippen LogP) is 5.28. The largest absolute Gasteiger partial charge is 0.492 e. The molecule has 0 spiro atoms. The number of carboxylic acids is 1. The van der Waals surface area contributed by atoms with Gasteiger partial charge in [-0.1, -0.05) is 54.0 Å². The van der Waals surface area contributed by atoms with Crippen molar-refractivity contribution in [2.75, 3.05) is 25.4 Å². The number of aromatic nitrogens is 2. The molecular weight excluding hydrogens is 684 g/mol. The Labute approximate surface area is 297 Å². The number of thioether (sulfide) groups is 1. The first kappa shape index (κ1) is 37.1. The summed E-state index contributed by atoms with van der Waals surface area (Å²) in [6.07, 6.45) is 1.77. The fourth-order valence-corrected chi connectivity index (χ4v) is 6.83. The number of anilines is 1. The maximum Gasteiger partial charge on any atom is 0.326 e. The molecule has 2 heterocycles. The SMILES string of the molecule is C[C@H](C(=O)O)N(CCOc1ccc(-c2c(C#N)c(N)nc(SCc3csc(-c4ccc(Cl)cc4)n3)c2C#N)cc1)C(=O)[C@@H](N)CCCCN. The number of nitrogen functional groups attached to an aromatic ring is 1. The van der Waals surface area contributed by atoms with Gasteiger partial charge < -0.3 is 31.9 Å². The van der Waals surface area contributed by atoms with Gasteiger partial charge in [0.05, 0.1) is 23.8 Å². The fraction of sp³-hybridized carbons (Fsp3) is 0.294. The molecule has 0 unspecified atom stereocenters. The molecule has 0 fully saturated rings. The molecule has 4 rings (SSSR count). The number of hydrogen-bond acceptors (Lipinski definition) is 12. The Morgan fingerprint density at radius 1 is 1.06 bits per heavy atom. The highest BCUT2D eigenvalue weighted by Gasteiger charge is 2.29. The first-order valence-corrected chi connectivity index (χ1v) is 17.5. The number of hydrogen-bond donors (Lipinski definition) is 4. The highest BCUT2D eigenvalue weighted by molar-refractivity contribution is 7.98. The van der Waals surface area contributed by atoms with E-state index in [1.165, 1.54) is 34.9 Å². The molecule has 0 saturated carbocycles. The third-order valence-corrected chi connectivity index (χ3v) is 9.75. The van der Waals surface area contributed by atoms with Crippen LogP contribution in [0.1, 0.15) is 43.0 Å². The summed E-state index contributed by atoms with van der Waals surface area (Å²) in [5.74, 6) is -0.781. The zero-order chi connectivity index (χ0) is 35.5. The molecule has 7 N–H and O–H groups in total. The summed E-state index contributed by atoms with van der Waals surface area (Å²) in [6, 6.07) is 16.4. The normalized spacial score (nSPS) is 12.0. The zero-order valence-electron chi connectivity index (χ0n) is 26.6. The van der Waals surface area contributed by atoms with Crippen molar-refractivity contribution in [2.45, 2.75) is 49.0 Å². The van der Waals surface area contributed by atoms with Crippen molar-refractivity contribution >= 4 is 52.4 Å². The van der Waals surface area contributed by atoms with Crippen LogP contribution in [0.15, 0.2) is 58.9 Å². The van der Waals surface area contributed by atoms with E-state index >= 15 is 0 Å². The number of nitrogens with zero attached hydrogens (tertiary/aromatic N) is 5. The molecule has 2 aromatic carbocycles. The van der Waals surface area contributed by atoms with Crippen molar-refractivity contribution < 1.29 is 19.4 Å². The molecule has 15 heteroatoms. The average molecular weight is 719 g/mol. The van der Waals surface area contributed by atoms with Crippen LogP contribution in [0, 0.1) is 22.7 Å². The Balaban J connectivity index is 1.48. The molecule has 0 aliphatic carbocycles. The van der Waals surface area contributed by atoms with Crippen LogP contribution in [0.3, 0.4) is 0 Å². The summed E-state index contributed by atoms with van der Waals surface area (Å²) < 4.78 is 5.85. The lowest BCUT2D eigenvalue weighted by Crippen LogP contribution is -2.51. The number of nitriles is 2. The third kappa shape index (κ3) is 9.47. The molecule has 0 radical (unpaired) electrons. The van der Waals surface area contributed by atoms with Gasteiger partial charge in [-0.3, -0.25) is 4.79 Å². The molecule has 49 heavy (non-hydrogen) atoms. The fourth-order valence-electron chi connectivity index (χ4n) is 4.88. The average Bonchev–Trinajstić information content (AvgIpc) is 3.58. The molecule has 2 atom stereocenters. The first-order valence-electron chi connectivity index (χ1n) is 15.3. The maximum absolute atomic E-state index is 13.0. The van der Waals surface area contributed by atoms with Crippen molar-refractivity contribution in [2.24, 2.45) is 11.5 Å². The van der Waals surface area contributed by atoms with Crippen LogP contribution in [0.2, 0.25) is 5.02 Å². The second-order valence-electron chi connectivity index (χ2n) is 10.9. The molecule has 1 amide bonds. The monoisotopic (exact) mass is 718 g/mol. The molecule has 4 aromatic rings. The van der Waals surface area contributed by atoms with Crippen LogP contribution < -0.4 is 21.9 Å². The number of ether oxygens (including phenoxy) is 1. The van der Waals surface area contributed by atoms with Gasteiger partial charge in [-0.25, -0.2) is 14.8 Å². The van der Waals surface area contributed by atoms with Crippen LogP contribution in [0.25, 0.3) is 21.7 Å². The molecule has 254 valence electrons. The summed E-state index contributed by atoms with van der Waals surface area (Å²) in [5, 5.41) is 33.5. The van der Waals surface area contributed by atoms with Gasteiger partial charge in [0.2, 0.25) is 5.91 Å². The second kappa shape index (κ2) is 17.6. The number of unbranched alkanes of at least 4 members (excludes halogenated alkanes) is 1. The summed E-state index contributed by atoms with van der Waals surface area (Å²) >= 11 is 8.79. The van der Waals surface area contributed by atoms with E-state index in [2.05, 4.69) is 17.1 Å². The van der Waals surface area contributed by atoms with Crippen LogP contribution in [-0.2, 0) is 15.3 Å². The standard InChI is InChI=1S/C34H35ClN8O4S2/c1-20(34(45)46)43(33(44)28(39)4-2-3-13-36)14-15-47-25-11-7-21(8-12-25)29-26(16-37)30(40)42-32(27(29)17-38)49-19-24-18-48-31(41-24)22-5-9-23(35)10-6-22/h5-12,18,20,28H,2-4,13-15,19,36,39H2,1H3,(H2,40,42)(H,45,46)/t20-,28+/m1/s1. The number of carboxylic acid groups (broad SMARTS) is 1. The van der Waals surface area contributed by atoms with Gasteiger partial charge >= 0.3 is 5.97 Å². The van der Waals surface area contributed by atoms with E-state index in [0.717, 1.165) is 16.3 Å². The highest BCUT2D eigenvalue weighted by atomic mass is 35.5. The Hall–Kier alpha value is -4.70. The Kier molecular flexibility index (Phi) is 13.4. The van der Waals surface area contributed by atoms with Gasteiger partial charge in [0, 0.05) is 27.3 Å². The minimum atomic E-state index is -1.16. The van der Waals surface area contributed by atoms with Crippen molar-refractivity contribution in [3.05, 3.63) is 75.8 Å². The summed E-state index contributed by atoms with van der Waals surface area (Å²) in [6.45, 7) is 1.90. The Morgan fingerprint density at radius 3 is 2.37 bits per heavy atom. The number of halogens is 1. The number of nitrogens with two attached hydrogens (primary N) is 3. The second-order valence-corrected chi connectivity index (χ2v) is 13.2. The third-order valence-electron chi connectivity index (χ3n) is 7.55. The smallest absolute Gasteiger partial charge is 0.326 e. The minimum absolute atomic E-state index is 0.00185. The topological polar surface area (TPSA) is 218 Å². The van der Waals surface area contributed by atoms with Gasteiger partial charge in [-0.2, -0.15) is 10.5 Å². The van der Waals surface area contributed by atoms with Crippen molar-refractivity contribution in [1.29, 1.82) is 10.5 Å². The lowest BCUT2D eigenvalue weighted by Gasteiger charge is -2.29. The lowest BCUT2D eigenvalue weighted by atomic mass is 9.97. The van der Waals surface area contributed by atoms with Crippen LogP contribution in [0.5, 0.6) is 5.75 Å². The van der Waals surface area contributed by atoms with E-state index in [4.69, 9.17) is 38.5 Å². The van der Waals surface area contributed by atoms with Crippen molar-refractivity contribution in [3.63, 3.8) is 0 Å². The van der Waals surface area contributed by atoms with E-state index < -0.39 is 24.0 Å². The molecule has 0 aliphatic heterocycles. The zero-order valence-corrected chi connectivity index (χ0v) is 29.0. The summed E-state index contributed by atoms with van der Waals surface area (Å²) in [5.41, 5.74) is 20.7. The van der Waals surface area contributed by atoms with Gasteiger partial charge in [0.15, 0.2) is 0 Å². The lowest BCUT2D eigenvalue weighted by molar-refractivity contribution is -0.150. The van der Waals surface area contributed by atoms with E-state index in [-0.39, 0.29) is 30.1 Å². The van der Waals surface area contributed by atoms with Crippen LogP contribution >= 0.6 is 34.7 Å². The van der Waals surface area contributed by atoms with Crippen molar-refractivity contribution in [3.8, 4) is 39.6 Å². The van der Waals surface area contributed by atoms with Crippen LogP contribution in [0.4, 0.5) is 5.82 Å². The summed E-state index contributed by atoms with van der Waals surface area (Å²) in [7, 11) is 0. The molecule has 0 saturated heterocycles. The van der Waals surface area contributed by atoms with Gasteiger partial charge in [-0.15, -0.1) is 11.3 Å². The number of amides is 1. The quantitative estimate of drug-likeness (QED) is 0.0859. The first-order chi connectivity index (χ1) is 23.6. The van der Waals surface area contributed by atoms with Crippen molar-refractivity contribution in [1.82, 2.24) is 14.9 Å². The van der Waals surface area contributed by atoms with E-state index in [0.29, 0.717) is 58.5 Å². The Bertz CT molecular complexity index is 1860. The highest BCUT2D eigenvalue weighted by Crippen LogP contribution is 2.37. The van der Waals surface area contributed by atoms with Gasteiger partial charge in [0.25, 0.3) is 0 Å². The van der Waals surface area contributed by atoms with E-state index in [9.17, 15) is 25.2 Å². The number of pyridine rings is 1. The molecule has 0 bridgehead atoms. The van der Waals surface area contributed by atoms with Crippen LogP contribution in [-0.4, -0.2) is 63.6 Å². The number of benzene rings is 2. The Morgan fingerprint density at radius 2 is 1.73 bits per heavy atom.